The minimum atomic E-state index is -1.82. The molecule has 6 heteroatoms. The van der Waals surface area contributed by atoms with Crippen molar-refractivity contribution in [1.29, 1.82) is 0 Å². The molecule has 0 aromatic heterocycles. The first-order valence-corrected chi connectivity index (χ1v) is 6.73. The molecule has 2 amide bonds. The predicted octanol–water partition coefficient (Wildman–Crippen LogP) is 1.44. The molecule has 0 bridgehead atoms. The number of primary amides is 1. The van der Waals surface area contributed by atoms with Crippen LogP contribution < -0.4 is 5.73 Å². The molecule has 0 unspecified atom stereocenters. The summed E-state index contributed by atoms with van der Waals surface area (Å²) in [5.74, 6) is -1.13. The second-order valence-corrected chi connectivity index (χ2v) is 6.45. The summed E-state index contributed by atoms with van der Waals surface area (Å²) in [6, 6.07) is 5.83. The topological polar surface area (TPSA) is 96.0 Å². The third-order valence-corrected chi connectivity index (χ3v) is 4.03. The molecule has 6 nitrogen and oxygen atoms in total. The maximum atomic E-state index is 12.7. The maximum absolute atomic E-state index is 12.7. The molecule has 0 fully saturated rings. The number of urea groups is 1. The number of fused-ring (bicyclic) bond motifs is 3. The van der Waals surface area contributed by atoms with Gasteiger partial charge in [0, 0.05) is 16.5 Å². The van der Waals surface area contributed by atoms with Gasteiger partial charge in [-0.2, -0.15) is 10.1 Å². The predicted molar refractivity (Wildman–Crippen MR) is 76.5 cm³/mol. The van der Waals surface area contributed by atoms with Gasteiger partial charge < -0.3 is 10.8 Å². The molecule has 1 aromatic rings. The number of ketones is 1. The van der Waals surface area contributed by atoms with Gasteiger partial charge in [0.05, 0.1) is 5.71 Å². The van der Waals surface area contributed by atoms with E-state index in [9.17, 15) is 14.7 Å². The van der Waals surface area contributed by atoms with E-state index in [2.05, 4.69) is 5.10 Å². The lowest BCUT2D eigenvalue weighted by Crippen LogP contribution is -2.49. The van der Waals surface area contributed by atoms with Crippen molar-refractivity contribution in [1.82, 2.24) is 5.01 Å². The Kier molecular flexibility index (Phi) is 2.57. The van der Waals surface area contributed by atoms with Gasteiger partial charge in [-0.15, -0.1) is 0 Å². The van der Waals surface area contributed by atoms with Crippen LogP contribution in [0.1, 0.15) is 36.7 Å². The molecule has 3 N–H and O–H groups in total. The van der Waals surface area contributed by atoms with Gasteiger partial charge in [-0.1, -0.05) is 45.0 Å². The van der Waals surface area contributed by atoms with E-state index in [1.165, 1.54) is 0 Å². The summed E-state index contributed by atoms with van der Waals surface area (Å²) < 4.78 is 0. The number of Topliss-reactive ketones (excluding diaryl/α,β-unsaturated/α-hetero) is 1. The van der Waals surface area contributed by atoms with Crippen LogP contribution in [0.5, 0.6) is 0 Å². The van der Waals surface area contributed by atoms with Gasteiger partial charge in [-0.3, -0.25) is 4.79 Å². The molecule has 0 saturated heterocycles. The zero-order chi connectivity index (χ0) is 15.6. The molecule has 3 rings (SSSR count). The Morgan fingerprint density at radius 1 is 1.38 bits per heavy atom. The van der Waals surface area contributed by atoms with Crippen LogP contribution in [-0.4, -0.2) is 27.6 Å². The highest BCUT2D eigenvalue weighted by molar-refractivity contribution is 6.19. The number of carbonyl (C=O) groups is 2. The highest BCUT2D eigenvalue weighted by Gasteiger charge is 2.63. The van der Waals surface area contributed by atoms with E-state index in [0.29, 0.717) is 16.8 Å². The number of hydrogen-bond acceptors (Lipinski definition) is 4. The van der Waals surface area contributed by atoms with Crippen molar-refractivity contribution in [3.05, 3.63) is 35.4 Å². The highest BCUT2D eigenvalue weighted by Crippen LogP contribution is 2.50. The van der Waals surface area contributed by atoms with Gasteiger partial charge in [0.2, 0.25) is 5.72 Å². The van der Waals surface area contributed by atoms with Gasteiger partial charge >= 0.3 is 6.03 Å². The highest BCUT2D eigenvalue weighted by atomic mass is 16.3. The smallest absolute Gasteiger partial charge is 0.338 e. The normalized spacial score (nSPS) is 27.4. The third kappa shape index (κ3) is 1.59. The number of rotatable bonds is 0. The van der Waals surface area contributed by atoms with Crippen LogP contribution in [0.15, 0.2) is 29.4 Å². The lowest BCUT2D eigenvalue weighted by molar-refractivity contribution is -0.0838. The molecular weight excluding hydrogens is 270 g/mol. The van der Waals surface area contributed by atoms with Crippen molar-refractivity contribution in [2.45, 2.75) is 26.5 Å². The Balaban J connectivity index is 2.27. The molecule has 2 atom stereocenters. The zero-order valence-electron chi connectivity index (χ0n) is 12.1. The SMILES string of the molecule is CC(C)(C)C1=NN(C(N)=O)[C@]2(O)c3ccccc3C(=O)[C@@H]12. The van der Waals surface area contributed by atoms with E-state index < -0.39 is 23.1 Å². The fraction of sp³-hybridized carbons (Fsp3) is 0.400. The molecule has 0 radical (unpaired) electrons. The average molecular weight is 287 g/mol. The van der Waals surface area contributed by atoms with Crippen LogP contribution in [-0.2, 0) is 5.72 Å². The number of nitrogens with zero attached hydrogens (tertiary/aromatic N) is 2. The number of hydrogen-bond donors (Lipinski definition) is 2. The molecule has 110 valence electrons. The number of aliphatic hydroxyl groups is 1. The quantitative estimate of drug-likeness (QED) is 0.755. The zero-order valence-corrected chi connectivity index (χ0v) is 12.1. The Morgan fingerprint density at radius 2 is 2.00 bits per heavy atom. The molecular formula is C15H17N3O3. The summed E-state index contributed by atoms with van der Waals surface area (Å²) >= 11 is 0. The Morgan fingerprint density at radius 3 is 2.57 bits per heavy atom. The Hall–Kier alpha value is -2.21. The van der Waals surface area contributed by atoms with E-state index in [-0.39, 0.29) is 5.78 Å². The lowest BCUT2D eigenvalue weighted by atomic mass is 9.78. The van der Waals surface area contributed by atoms with Crippen molar-refractivity contribution in [2.24, 2.45) is 22.2 Å². The van der Waals surface area contributed by atoms with E-state index in [1.54, 1.807) is 24.3 Å². The molecule has 1 aliphatic heterocycles. The molecule has 0 saturated carbocycles. The molecule has 21 heavy (non-hydrogen) atoms. The van der Waals surface area contributed by atoms with E-state index in [0.717, 1.165) is 5.01 Å². The fourth-order valence-electron chi connectivity index (χ4n) is 3.11. The Bertz CT molecular complexity index is 690. The molecule has 2 aliphatic rings. The van der Waals surface area contributed by atoms with Crippen LogP contribution in [0, 0.1) is 11.3 Å². The maximum Gasteiger partial charge on any atom is 0.338 e. The van der Waals surface area contributed by atoms with Gasteiger partial charge in [-0.05, 0) is 0 Å². The van der Waals surface area contributed by atoms with E-state index in [1.807, 2.05) is 20.8 Å². The van der Waals surface area contributed by atoms with Crippen LogP contribution in [0.25, 0.3) is 0 Å². The van der Waals surface area contributed by atoms with Crippen LogP contribution in [0.4, 0.5) is 4.79 Å². The van der Waals surface area contributed by atoms with Crippen LogP contribution in [0.3, 0.4) is 0 Å². The van der Waals surface area contributed by atoms with Crippen LogP contribution in [0.2, 0.25) is 0 Å². The van der Waals surface area contributed by atoms with Gasteiger partial charge in [0.15, 0.2) is 5.78 Å². The van der Waals surface area contributed by atoms with Crippen molar-refractivity contribution in [3.63, 3.8) is 0 Å². The largest absolute Gasteiger partial charge is 0.364 e. The van der Waals surface area contributed by atoms with Crippen molar-refractivity contribution < 1.29 is 14.7 Å². The summed E-state index contributed by atoms with van der Waals surface area (Å²) in [4.78, 5) is 24.4. The molecule has 0 spiro atoms. The number of carbonyl (C=O) groups excluding carboxylic acids is 2. The van der Waals surface area contributed by atoms with Crippen molar-refractivity contribution >= 4 is 17.5 Å². The number of amides is 2. The summed E-state index contributed by atoms with van der Waals surface area (Å²) in [7, 11) is 0. The van der Waals surface area contributed by atoms with Gasteiger partial charge in [0.25, 0.3) is 0 Å². The minimum Gasteiger partial charge on any atom is -0.364 e. The van der Waals surface area contributed by atoms with Gasteiger partial charge in [-0.25, -0.2) is 4.79 Å². The molecule has 1 heterocycles. The molecule has 1 aliphatic carbocycles. The standard InChI is InChI=1S/C15H17N3O3/c1-14(2,3)12-10-11(19)8-6-4-5-7-9(8)15(10,21)18(17-12)13(16)20/h4-7,10,21H,1-3H3,(H2,16,20)/t10-,15-/m0/s1. The number of benzene rings is 1. The monoisotopic (exact) mass is 287 g/mol. The second kappa shape index (κ2) is 3.92. The summed E-state index contributed by atoms with van der Waals surface area (Å²) in [6.07, 6.45) is 0. The number of hydrazone groups is 1. The van der Waals surface area contributed by atoms with Crippen LogP contribution >= 0.6 is 0 Å². The van der Waals surface area contributed by atoms with Gasteiger partial charge in [0.1, 0.15) is 5.92 Å². The van der Waals surface area contributed by atoms with E-state index in [4.69, 9.17) is 5.73 Å². The van der Waals surface area contributed by atoms with Crippen molar-refractivity contribution in [2.75, 3.05) is 0 Å². The average Bonchev–Trinajstić information content (AvgIpc) is 2.82. The van der Waals surface area contributed by atoms with E-state index >= 15 is 0 Å². The summed E-state index contributed by atoms with van der Waals surface area (Å²) in [5.41, 5.74) is 4.32. The first-order chi connectivity index (χ1) is 9.69. The first kappa shape index (κ1) is 13.8. The second-order valence-electron chi connectivity index (χ2n) is 6.45. The number of nitrogens with two attached hydrogens (primary N) is 1. The third-order valence-electron chi connectivity index (χ3n) is 4.03. The fourth-order valence-corrected chi connectivity index (χ4v) is 3.11. The summed E-state index contributed by atoms with van der Waals surface area (Å²) in [5, 5.41) is 16.1. The molecule has 1 aromatic carbocycles. The first-order valence-electron chi connectivity index (χ1n) is 6.73. The minimum absolute atomic E-state index is 0.231. The van der Waals surface area contributed by atoms with Crippen molar-refractivity contribution in [3.8, 4) is 0 Å². The lowest BCUT2D eigenvalue weighted by Gasteiger charge is -2.31. The Labute approximate surface area is 122 Å². The summed E-state index contributed by atoms with van der Waals surface area (Å²) in [6.45, 7) is 5.65.